The first-order valence-electron chi connectivity index (χ1n) is 12.3. The Kier molecular flexibility index (Phi) is 6.85. The van der Waals surface area contributed by atoms with Gasteiger partial charge in [-0.15, -0.1) is 0 Å². The molecule has 3 aromatic rings. The van der Waals surface area contributed by atoms with Crippen LogP contribution in [0, 0.1) is 0 Å². The maximum Gasteiger partial charge on any atom is 0.321 e. The third-order valence-electron chi connectivity index (χ3n) is 6.51. The molecule has 0 aliphatic carbocycles. The smallest absolute Gasteiger partial charge is 0.321 e. The number of aromatic nitrogens is 1. The Morgan fingerprint density at radius 2 is 1.71 bits per heavy atom. The van der Waals surface area contributed by atoms with Crippen LogP contribution in [0.15, 0.2) is 46.9 Å². The molecule has 5 rings (SSSR count). The van der Waals surface area contributed by atoms with Crippen LogP contribution in [0.2, 0.25) is 0 Å². The molecule has 35 heavy (non-hydrogen) atoms. The number of nitrogens with zero attached hydrogens (tertiary/aromatic N) is 4. The number of carbonyl (C=O) groups excluding carboxylic acids is 2. The van der Waals surface area contributed by atoms with Gasteiger partial charge in [0.1, 0.15) is 11.3 Å². The van der Waals surface area contributed by atoms with E-state index in [0.29, 0.717) is 48.8 Å². The van der Waals surface area contributed by atoms with Crippen LogP contribution in [0.1, 0.15) is 36.0 Å². The lowest BCUT2D eigenvalue weighted by Gasteiger charge is -2.34. The van der Waals surface area contributed by atoms with Crippen LogP contribution in [-0.4, -0.2) is 77.5 Å². The summed E-state index contributed by atoms with van der Waals surface area (Å²) in [5, 5.41) is 2.95. The fourth-order valence-electron chi connectivity index (χ4n) is 4.58. The molecule has 2 aliphatic heterocycles. The van der Waals surface area contributed by atoms with Crippen LogP contribution in [0.5, 0.6) is 5.75 Å². The maximum atomic E-state index is 12.7. The molecular weight excluding hydrogens is 446 g/mol. The van der Waals surface area contributed by atoms with Gasteiger partial charge in [0.25, 0.3) is 5.91 Å². The number of anilines is 1. The SMILES string of the molecule is CCOc1ccc(NC(=O)N2CCN(Cc3nc4cc(C(=O)N5CCCC5)ccc4o3)CC2)cc1. The summed E-state index contributed by atoms with van der Waals surface area (Å²) in [6, 6.07) is 12.8. The molecule has 1 N–H and O–H groups in total. The largest absolute Gasteiger partial charge is 0.494 e. The molecule has 0 radical (unpaired) electrons. The normalized spacial score (nSPS) is 16.6. The molecule has 0 atom stereocenters. The number of hydrogen-bond acceptors (Lipinski definition) is 6. The Morgan fingerprint density at radius 1 is 0.971 bits per heavy atom. The Bertz CT molecular complexity index is 1180. The van der Waals surface area contributed by atoms with Crippen molar-refractivity contribution in [2.75, 3.05) is 51.2 Å². The van der Waals surface area contributed by atoms with E-state index in [1.807, 2.05) is 59.2 Å². The van der Waals surface area contributed by atoms with Gasteiger partial charge in [-0.05, 0) is 62.2 Å². The number of oxazole rings is 1. The molecule has 184 valence electrons. The third kappa shape index (κ3) is 5.40. The van der Waals surface area contributed by atoms with Gasteiger partial charge in [-0.2, -0.15) is 0 Å². The van der Waals surface area contributed by atoms with E-state index in [2.05, 4.69) is 15.2 Å². The molecule has 3 amide bonds. The average Bonchev–Trinajstić information content (AvgIpc) is 3.55. The molecule has 2 saturated heterocycles. The number of fused-ring (bicyclic) bond motifs is 1. The Balaban J connectivity index is 1.14. The summed E-state index contributed by atoms with van der Waals surface area (Å²) in [5.41, 5.74) is 2.80. The highest BCUT2D eigenvalue weighted by Crippen LogP contribution is 2.21. The highest BCUT2D eigenvalue weighted by Gasteiger charge is 2.23. The summed E-state index contributed by atoms with van der Waals surface area (Å²) in [7, 11) is 0. The van der Waals surface area contributed by atoms with Crippen molar-refractivity contribution in [1.29, 1.82) is 0 Å². The molecule has 9 heteroatoms. The predicted molar refractivity (Wildman–Crippen MR) is 133 cm³/mol. The van der Waals surface area contributed by atoms with Gasteiger partial charge < -0.3 is 24.3 Å². The van der Waals surface area contributed by atoms with Crippen LogP contribution in [-0.2, 0) is 6.54 Å². The van der Waals surface area contributed by atoms with Gasteiger partial charge in [0.05, 0.1) is 13.2 Å². The summed E-state index contributed by atoms with van der Waals surface area (Å²) < 4.78 is 11.4. The predicted octanol–water partition coefficient (Wildman–Crippen LogP) is 3.81. The Morgan fingerprint density at radius 3 is 2.43 bits per heavy atom. The number of urea groups is 1. The van der Waals surface area contributed by atoms with Gasteiger partial charge >= 0.3 is 6.03 Å². The quantitative estimate of drug-likeness (QED) is 0.581. The fraction of sp³-hybridized carbons (Fsp3) is 0.423. The van der Waals surface area contributed by atoms with Crippen molar-refractivity contribution >= 4 is 28.7 Å². The summed E-state index contributed by atoms with van der Waals surface area (Å²) >= 11 is 0. The van der Waals surface area contributed by atoms with E-state index in [4.69, 9.17) is 9.15 Å². The third-order valence-corrected chi connectivity index (χ3v) is 6.51. The zero-order valence-corrected chi connectivity index (χ0v) is 20.0. The van der Waals surface area contributed by atoms with Crippen molar-refractivity contribution in [3.8, 4) is 5.75 Å². The van der Waals surface area contributed by atoms with Crippen LogP contribution >= 0.6 is 0 Å². The molecule has 0 spiro atoms. The van der Waals surface area contributed by atoms with E-state index < -0.39 is 0 Å². The fourth-order valence-corrected chi connectivity index (χ4v) is 4.58. The van der Waals surface area contributed by atoms with Crippen molar-refractivity contribution in [3.05, 3.63) is 53.9 Å². The minimum absolute atomic E-state index is 0.0635. The van der Waals surface area contributed by atoms with Gasteiger partial charge in [-0.1, -0.05) is 0 Å². The molecule has 2 aliphatic rings. The summed E-state index contributed by atoms with van der Waals surface area (Å²) in [6.45, 7) is 7.47. The lowest BCUT2D eigenvalue weighted by molar-refractivity contribution is 0.0793. The minimum Gasteiger partial charge on any atom is -0.494 e. The van der Waals surface area contributed by atoms with Crippen molar-refractivity contribution in [2.24, 2.45) is 0 Å². The van der Waals surface area contributed by atoms with E-state index in [9.17, 15) is 9.59 Å². The highest BCUT2D eigenvalue weighted by molar-refractivity contribution is 5.97. The lowest BCUT2D eigenvalue weighted by atomic mass is 10.2. The number of likely N-dealkylation sites (tertiary alicyclic amines) is 1. The van der Waals surface area contributed by atoms with Gasteiger partial charge in [-0.3, -0.25) is 9.69 Å². The van der Waals surface area contributed by atoms with Gasteiger partial charge in [-0.25, -0.2) is 9.78 Å². The second kappa shape index (κ2) is 10.4. The van der Waals surface area contributed by atoms with Crippen LogP contribution in [0.25, 0.3) is 11.1 Å². The molecule has 0 saturated carbocycles. The molecule has 0 bridgehead atoms. The number of piperazine rings is 1. The van der Waals surface area contributed by atoms with E-state index >= 15 is 0 Å². The molecule has 2 fully saturated rings. The zero-order valence-electron chi connectivity index (χ0n) is 20.0. The van der Waals surface area contributed by atoms with Gasteiger partial charge in [0, 0.05) is 50.5 Å². The second-order valence-electron chi connectivity index (χ2n) is 8.94. The second-order valence-corrected chi connectivity index (χ2v) is 8.94. The van der Waals surface area contributed by atoms with E-state index in [0.717, 1.165) is 50.5 Å². The molecular formula is C26H31N5O4. The van der Waals surface area contributed by atoms with E-state index in [-0.39, 0.29) is 11.9 Å². The first-order chi connectivity index (χ1) is 17.1. The molecule has 3 heterocycles. The lowest BCUT2D eigenvalue weighted by Crippen LogP contribution is -2.49. The number of rotatable bonds is 6. The average molecular weight is 478 g/mol. The van der Waals surface area contributed by atoms with Crippen molar-refractivity contribution in [3.63, 3.8) is 0 Å². The van der Waals surface area contributed by atoms with Crippen molar-refractivity contribution in [1.82, 2.24) is 19.7 Å². The number of amides is 3. The molecule has 1 aromatic heterocycles. The number of nitrogens with one attached hydrogen (secondary N) is 1. The van der Waals surface area contributed by atoms with Crippen molar-refractivity contribution < 1.29 is 18.7 Å². The number of benzene rings is 2. The maximum absolute atomic E-state index is 12.7. The highest BCUT2D eigenvalue weighted by atomic mass is 16.5. The first kappa shape index (κ1) is 23.2. The molecule has 0 unspecified atom stereocenters. The Labute approximate surface area is 204 Å². The van der Waals surface area contributed by atoms with E-state index in [1.54, 1.807) is 0 Å². The molecule has 2 aromatic carbocycles. The van der Waals surface area contributed by atoms with E-state index in [1.165, 1.54) is 0 Å². The summed E-state index contributed by atoms with van der Waals surface area (Å²) in [4.78, 5) is 35.9. The van der Waals surface area contributed by atoms with Crippen LogP contribution in [0.3, 0.4) is 0 Å². The number of carbonyl (C=O) groups is 2. The van der Waals surface area contributed by atoms with Crippen molar-refractivity contribution in [2.45, 2.75) is 26.3 Å². The number of ether oxygens (including phenoxy) is 1. The summed E-state index contributed by atoms with van der Waals surface area (Å²) in [5.74, 6) is 1.47. The zero-order chi connectivity index (χ0) is 24.2. The number of hydrogen-bond donors (Lipinski definition) is 1. The first-order valence-corrected chi connectivity index (χ1v) is 12.3. The van der Waals surface area contributed by atoms with Crippen LogP contribution in [0.4, 0.5) is 10.5 Å². The summed E-state index contributed by atoms with van der Waals surface area (Å²) in [6.07, 6.45) is 2.14. The van der Waals surface area contributed by atoms with Crippen LogP contribution < -0.4 is 10.1 Å². The van der Waals surface area contributed by atoms with Gasteiger partial charge in [0.15, 0.2) is 5.58 Å². The standard InChI is InChI=1S/C26H31N5O4/c1-2-34-21-8-6-20(7-9-21)27-26(33)31-15-13-29(14-16-31)18-24-28-22-17-19(5-10-23(22)35-24)25(32)30-11-3-4-12-30/h5-10,17H,2-4,11-16,18H2,1H3,(H,27,33). The monoisotopic (exact) mass is 477 g/mol. The minimum atomic E-state index is -0.106. The molecule has 9 nitrogen and oxygen atoms in total. The van der Waals surface area contributed by atoms with Gasteiger partial charge in [0.2, 0.25) is 5.89 Å². The topological polar surface area (TPSA) is 91.2 Å². The Hall–Kier alpha value is -3.59.